The molecule has 0 aliphatic heterocycles. The van der Waals surface area contributed by atoms with Crippen molar-refractivity contribution in [1.82, 2.24) is 9.13 Å². The zero-order chi connectivity index (χ0) is 33.8. The molecule has 50 heavy (non-hydrogen) atoms. The van der Waals surface area contributed by atoms with Gasteiger partial charge in [0.1, 0.15) is 6.07 Å². The molecule has 2 heterocycles. The maximum absolute atomic E-state index is 10.8. The number of hydrogen-bond donors (Lipinski definition) is 0. The molecular weight excluding hydrogens is 611 g/mol. The molecule has 0 saturated carbocycles. The van der Waals surface area contributed by atoms with E-state index in [2.05, 4.69) is 98.9 Å². The molecule has 5 heteroatoms. The zero-order valence-corrected chi connectivity index (χ0v) is 26.7. The molecule has 0 atom stereocenters. The van der Waals surface area contributed by atoms with E-state index in [0.29, 0.717) is 16.8 Å². The summed E-state index contributed by atoms with van der Waals surface area (Å²) >= 11 is 0. The number of aromatic nitrogens is 2. The molecular formula is C45H25N5. The van der Waals surface area contributed by atoms with Gasteiger partial charge < -0.3 is 9.13 Å². The van der Waals surface area contributed by atoms with Crippen LogP contribution in [0.2, 0.25) is 0 Å². The third kappa shape index (κ3) is 4.24. The first-order chi connectivity index (χ1) is 24.7. The highest BCUT2D eigenvalue weighted by atomic mass is 15.0. The van der Waals surface area contributed by atoms with E-state index in [9.17, 15) is 10.5 Å². The van der Waals surface area contributed by atoms with Crippen molar-refractivity contribution in [3.63, 3.8) is 0 Å². The largest absolute Gasteiger partial charge is 0.318 e. The van der Waals surface area contributed by atoms with E-state index in [4.69, 9.17) is 6.57 Å². The van der Waals surface area contributed by atoms with Crippen LogP contribution in [0.15, 0.2) is 152 Å². The van der Waals surface area contributed by atoms with E-state index in [0.717, 1.165) is 66.5 Å². The lowest BCUT2D eigenvalue weighted by molar-refractivity contribution is 1.18. The van der Waals surface area contributed by atoms with E-state index >= 15 is 0 Å². The van der Waals surface area contributed by atoms with Gasteiger partial charge in [0.25, 0.3) is 0 Å². The highest BCUT2D eigenvalue weighted by Gasteiger charge is 2.21. The average Bonchev–Trinajstić information content (AvgIpc) is 3.70. The van der Waals surface area contributed by atoms with Crippen LogP contribution in [0.1, 0.15) is 11.1 Å². The van der Waals surface area contributed by atoms with Gasteiger partial charge in [0.15, 0.2) is 0 Å². The fourth-order valence-corrected chi connectivity index (χ4v) is 7.51. The van der Waals surface area contributed by atoms with Crippen LogP contribution in [-0.4, -0.2) is 9.13 Å². The molecule has 5 nitrogen and oxygen atoms in total. The second-order valence-electron chi connectivity index (χ2n) is 12.2. The summed E-state index contributed by atoms with van der Waals surface area (Å²) in [5.41, 5.74) is 10.9. The first-order valence-corrected chi connectivity index (χ1v) is 16.3. The maximum atomic E-state index is 10.8. The topological polar surface area (TPSA) is 61.8 Å². The van der Waals surface area contributed by atoms with Crippen LogP contribution in [0.25, 0.3) is 82.1 Å². The van der Waals surface area contributed by atoms with Gasteiger partial charge in [-0.3, -0.25) is 0 Å². The van der Waals surface area contributed by atoms with Gasteiger partial charge in [-0.05, 0) is 59.5 Å². The normalized spacial score (nSPS) is 11.1. The third-order valence-corrected chi connectivity index (χ3v) is 9.62. The lowest BCUT2D eigenvalue weighted by Gasteiger charge is -2.17. The molecule has 0 aliphatic rings. The van der Waals surface area contributed by atoms with E-state index < -0.39 is 0 Å². The van der Waals surface area contributed by atoms with E-state index in [-0.39, 0.29) is 0 Å². The fraction of sp³-hybridized carbons (Fsp3) is 0. The Morgan fingerprint density at radius 1 is 0.500 bits per heavy atom. The molecule has 9 aromatic rings. The standard InChI is InChI=1S/C45H25N5/c1-48-40-19-10-18-37-38-25-29(27-46)23-24-44(38)50(45(37)40)43-22-7-2-13-34(43)33-17-9-16-32(39(33)28-47)30-11-8-12-31(26-30)49-41-20-5-3-14-35(41)36-15-4-6-21-42(36)49/h2-26H. The van der Waals surface area contributed by atoms with Crippen LogP contribution in [0.5, 0.6) is 0 Å². The molecule has 230 valence electrons. The van der Waals surface area contributed by atoms with Crippen molar-refractivity contribution in [2.24, 2.45) is 0 Å². The second-order valence-corrected chi connectivity index (χ2v) is 12.2. The minimum Gasteiger partial charge on any atom is -0.318 e. The van der Waals surface area contributed by atoms with Gasteiger partial charge in [0, 0.05) is 38.5 Å². The number of hydrogen-bond acceptors (Lipinski definition) is 2. The van der Waals surface area contributed by atoms with Crippen LogP contribution >= 0.6 is 0 Å². The SMILES string of the molecule is [C-]#[N+]c1cccc2c3cc(C#N)ccc3n(-c3ccccc3-c3cccc(-c4cccc(-n5c6ccccc6c6ccccc65)c4)c3C#N)c12. The van der Waals surface area contributed by atoms with Crippen LogP contribution in [0, 0.1) is 29.2 Å². The smallest absolute Gasteiger partial charge is 0.211 e. The van der Waals surface area contributed by atoms with Crippen LogP contribution in [-0.2, 0) is 0 Å². The van der Waals surface area contributed by atoms with Crippen LogP contribution in [0.4, 0.5) is 5.69 Å². The molecule has 7 aromatic carbocycles. The summed E-state index contributed by atoms with van der Waals surface area (Å²) in [6.45, 7) is 8.01. The number of rotatable bonds is 4. The average molecular weight is 636 g/mol. The van der Waals surface area contributed by atoms with Crippen molar-refractivity contribution in [3.05, 3.63) is 174 Å². The second kappa shape index (κ2) is 11.4. The van der Waals surface area contributed by atoms with Crippen molar-refractivity contribution in [3.8, 4) is 45.8 Å². The Kier molecular flexibility index (Phi) is 6.56. The van der Waals surface area contributed by atoms with E-state index in [1.165, 1.54) is 10.8 Å². The minimum absolute atomic E-state index is 0.517. The maximum Gasteiger partial charge on any atom is 0.211 e. The van der Waals surface area contributed by atoms with Gasteiger partial charge in [0.05, 0.1) is 51.5 Å². The van der Waals surface area contributed by atoms with Gasteiger partial charge in [-0.2, -0.15) is 10.5 Å². The molecule has 0 fully saturated rings. The molecule has 2 aromatic heterocycles. The summed E-state index contributed by atoms with van der Waals surface area (Å²) in [7, 11) is 0. The van der Waals surface area contributed by atoms with Gasteiger partial charge >= 0.3 is 0 Å². The molecule has 0 amide bonds. The summed E-state index contributed by atoms with van der Waals surface area (Å²) in [5, 5.41) is 24.7. The first kappa shape index (κ1) is 28.8. The Bertz CT molecular complexity index is 2920. The Hall–Kier alpha value is -7.39. The number of benzene rings is 7. The number of nitrogens with zero attached hydrogens (tertiary/aromatic N) is 5. The molecule has 0 spiro atoms. The summed E-state index contributed by atoms with van der Waals surface area (Å²) in [5.74, 6) is 0. The summed E-state index contributed by atoms with van der Waals surface area (Å²) < 4.78 is 4.39. The highest BCUT2D eigenvalue weighted by molar-refractivity contribution is 6.14. The van der Waals surface area contributed by atoms with Gasteiger partial charge in [0.2, 0.25) is 5.69 Å². The predicted molar refractivity (Wildman–Crippen MR) is 202 cm³/mol. The molecule has 0 saturated heterocycles. The molecule has 0 unspecified atom stereocenters. The summed E-state index contributed by atoms with van der Waals surface area (Å²) in [6, 6.07) is 55.5. The van der Waals surface area contributed by atoms with Crippen molar-refractivity contribution < 1.29 is 0 Å². The lowest BCUT2D eigenvalue weighted by Crippen LogP contribution is -1.99. The van der Waals surface area contributed by atoms with Crippen LogP contribution in [0.3, 0.4) is 0 Å². The van der Waals surface area contributed by atoms with Gasteiger partial charge in [-0.25, -0.2) is 4.85 Å². The number of nitriles is 2. The monoisotopic (exact) mass is 635 g/mol. The molecule has 0 aliphatic carbocycles. The quantitative estimate of drug-likeness (QED) is 0.181. The van der Waals surface area contributed by atoms with Crippen molar-refractivity contribution in [2.75, 3.05) is 0 Å². The Morgan fingerprint density at radius 3 is 1.90 bits per heavy atom. The lowest BCUT2D eigenvalue weighted by atomic mass is 9.91. The first-order valence-electron chi connectivity index (χ1n) is 16.3. The van der Waals surface area contributed by atoms with E-state index in [1.54, 1.807) is 0 Å². The predicted octanol–water partition coefficient (Wildman–Crippen LogP) is 11.5. The number of fused-ring (bicyclic) bond motifs is 6. The van der Waals surface area contributed by atoms with Crippen molar-refractivity contribution >= 4 is 49.3 Å². The molecule has 0 N–H and O–H groups in total. The summed E-state index contributed by atoms with van der Waals surface area (Å²) in [4.78, 5) is 3.89. The molecule has 0 bridgehead atoms. The summed E-state index contributed by atoms with van der Waals surface area (Å²) in [6.07, 6.45) is 0. The molecule has 9 rings (SSSR count). The van der Waals surface area contributed by atoms with Crippen LogP contribution < -0.4 is 0 Å². The minimum atomic E-state index is 0.517. The molecule has 0 radical (unpaired) electrons. The van der Waals surface area contributed by atoms with Crippen molar-refractivity contribution in [2.45, 2.75) is 0 Å². The number of para-hydroxylation sites is 4. The van der Waals surface area contributed by atoms with Gasteiger partial charge in [-0.15, -0.1) is 0 Å². The van der Waals surface area contributed by atoms with E-state index in [1.807, 2.05) is 78.9 Å². The zero-order valence-electron chi connectivity index (χ0n) is 26.7. The van der Waals surface area contributed by atoms with Gasteiger partial charge in [-0.1, -0.05) is 103 Å². The Morgan fingerprint density at radius 2 is 1.14 bits per heavy atom. The van der Waals surface area contributed by atoms with Crippen molar-refractivity contribution in [1.29, 1.82) is 10.5 Å². The Labute approximate surface area is 288 Å². The third-order valence-electron chi connectivity index (χ3n) is 9.62. The highest BCUT2D eigenvalue weighted by Crippen LogP contribution is 2.42. The fourth-order valence-electron chi connectivity index (χ4n) is 7.51. The Balaban J connectivity index is 1.27.